The largest absolute Gasteiger partial charge is 0.456 e. The monoisotopic (exact) mass is 556 g/mol. The van der Waals surface area contributed by atoms with Gasteiger partial charge >= 0.3 is 5.97 Å². The minimum atomic E-state index is -1.24. The summed E-state index contributed by atoms with van der Waals surface area (Å²) < 4.78 is 22.8. The first-order valence-electron chi connectivity index (χ1n) is 13.8. The third kappa shape index (κ3) is 6.61. The normalized spacial score (nSPS) is 30.4. The van der Waals surface area contributed by atoms with E-state index in [4.69, 9.17) is 24.1 Å². The molecule has 2 aliphatic carbocycles. The number of nitrogens with one attached hydrogen (secondary N) is 2. The molecule has 2 heterocycles. The molecule has 1 aromatic rings. The number of benzene rings is 1. The average Bonchev–Trinajstić information content (AvgIpc) is 3.57. The van der Waals surface area contributed by atoms with Gasteiger partial charge in [0.1, 0.15) is 31.1 Å². The molecule has 8 unspecified atom stereocenters. The molecule has 4 aliphatic rings. The molecule has 0 spiro atoms. The third-order valence-corrected chi connectivity index (χ3v) is 7.78. The van der Waals surface area contributed by atoms with Crippen LogP contribution in [0.4, 0.5) is 0 Å². The van der Waals surface area contributed by atoms with E-state index < -0.39 is 48.2 Å². The van der Waals surface area contributed by atoms with E-state index >= 15 is 0 Å². The highest BCUT2D eigenvalue weighted by molar-refractivity contribution is 5.98. The lowest BCUT2D eigenvalue weighted by Gasteiger charge is -2.31. The first kappa shape index (κ1) is 28.4. The Balaban J connectivity index is 1.26. The van der Waals surface area contributed by atoms with Gasteiger partial charge in [-0.3, -0.25) is 9.59 Å². The van der Waals surface area contributed by atoms with Gasteiger partial charge in [0.15, 0.2) is 0 Å². The van der Waals surface area contributed by atoms with E-state index in [2.05, 4.69) is 16.7 Å². The maximum Gasteiger partial charge on any atom is 0.339 e. The van der Waals surface area contributed by atoms with Crippen LogP contribution in [0.3, 0.4) is 0 Å². The van der Waals surface area contributed by atoms with Crippen LogP contribution in [0, 0.1) is 5.92 Å². The van der Waals surface area contributed by atoms with Crippen molar-refractivity contribution >= 4 is 23.9 Å². The highest BCUT2D eigenvalue weighted by Crippen LogP contribution is 2.40. The van der Waals surface area contributed by atoms with Crippen LogP contribution in [-0.4, -0.2) is 90.6 Å². The van der Waals surface area contributed by atoms with Crippen LogP contribution < -0.4 is 10.6 Å². The van der Waals surface area contributed by atoms with Crippen molar-refractivity contribution in [3.63, 3.8) is 0 Å². The van der Waals surface area contributed by atoms with E-state index in [-0.39, 0.29) is 31.9 Å². The average molecular weight is 557 g/mol. The van der Waals surface area contributed by atoms with Crippen LogP contribution in [0.2, 0.25) is 0 Å². The molecule has 2 saturated heterocycles. The van der Waals surface area contributed by atoms with Gasteiger partial charge in [-0.1, -0.05) is 30.4 Å². The van der Waals surface area contributed by atoms with Gasteiger partial charge in [0, 0.05) is 18.5 Å². The summed E-state index contributed by atoms with van der Waals surface area (Å²) in [6, 6.07) is 5.97. The van der Waals surface area contributed by atoms with E-state index in [9.17, 15) is 19.5 Å². The quantitative estimate of drug-likeness (QED) is 0.242. The molecule has 1 saturated carbocycles. The Labute approximate surface area is 232 Å². The van der Waals surface area contributed by atoms with E-state index in [1.54, 1.807) is 18.2 Å². The van der Waals surface area contributed by atoms with Crippen molar-refractivity contribution in [3.8, 4) is 0 Å². The van der Waals surface area contributed by atoms with Crippen molar-refractivity contribution in [2.24, 2.45) is 5.92 Å². The maximum absolute atomic E-state index is 13.4. The van der Waals surface area contributed by atoms with Crippen LogP contribution in [0.25, 0.3) is 6.08 Å². The molecule has 4 N–H and O–H groups in total. The molecule has 0 radical (unpaired) electrons. The second-order valence-corrected chi connectivity index (χ2v) is 10.7. The summed E-state index contributed by atoms with van der Waals surface area (Å²) in [5.41, 5.74) is 1.39. The van der Waals surface area contributed by atoms with Crippen molar-refractivity contribution in [2.75, 3.05) is 19.9 Å². The number of epoxide rings is 1. The molecule has 216 valence electrons. The van der Waals surface area contributed by atoms with Gasteiger partial charge in [-0.2, -0.15) is 0 Å². The fraction of sp³-hybridized carbons (Fsp3) is 0.552. The van der Waals surface area contributed by atoms with Gasteiger partial charge in [-0.15, -0.1) is 0 Å². The Kier molecular flexibility index (Phi) is 8.97. The van der Waals surface area contributed by atoms with Crippen molar-refractivity contribution in [2.45, 2.75) is 75.3 Å². The molecule has 5 rings (SSSR count). The van der Waals surface area contributed by atoms with Crippen molar-refractivity contribution in [1.82, 2.24) is 10.6 Å². The molecule has 8 atom stereocenters. The lowest BCUT2D eigenvalue weighted by Crippen LogP contribution is -2.54. The first-order valence-corrected chi connectivity index (χ1v) is 13.8. The Morgan fingerprint density at radius 3 is 2.77 bits per heavy atom. The molecule has 2 amide bonds. The van der Waals surface area contributed by atoms with Gasteiger partial charge in [-0.25, -0.2) is 4.79 Å². The molecule has 1 aromatic carbocycles. The Hall–Kier alpha value is -3.09. The molecule has 40 heavy (non-hydrogen) atoms. The number of amides is 2. The number of esters is 1. The summed E-state index contributed by atoms with van der Waals surface area (Å²) in [6.45, 7) is 1.07. The summed E-state index contributed by atoms with van der Waals surface area (Å²) in [4.78, 5) is 38.9. The lowest BCUT2D eigenvalue weighted by atomic mass is 9.88. The van der Waals surface area contributed by atoms with Crippen LogP contribution in [0.15, 0.2) is 42.0 Å². The zero-order valence-electron chi connectivity index (χ0n) is 22.4. The van der Waals surface area contributed by atoms with Crippen molar-refractivity contribution in [3.05, 3.63) is 53.1 Å². The van der Waals surface area contributed by atoms with E-state index in [0.29, 0.717) is 23.7 Å². The van der Waals surface area contributed by atoms with E-state index in [1.165, 1.54) is 6.92 Å². The van der Waals surface area contributed by atoms with Gasteiger partial charge in [-0.05, 0) is 49.8 Å². The molecule has 11 heteroatoms. The van der Waals surface area contributed by atoms with Crippen molar-refractivity contribution in [1.29, 1.82) is 0 Å². The lowest BCUT2D eigenvalue weighted by molar-refractivity contribution is -0.130. The Bertz CT molecular complexity index is 1170. The number of carbonyl (C=O) groups excluding carboxylic acids is 3. The molecule has 0 aromatic heterocycles. The highest BCUT2D eigenvalue weighted by Gasteiger charge is 2.44. The summed E-state index contributed by atoms with van der Waals surface area (Å²) in [5, 5.41) is 24.0. The number of allylic oxidation sites excluding steroid dienone is 1. The summed E-state index contributed by atoms with van der Waals surface area (Å²) in [7, 11) is 0. The minimum Gasteiger partial charge on any atom is -0.456 e. The summed E-state index contributed by atoms with van der Waals surface area (Å²) in [6.07, 6.45) is 6.43. The first-order chi connectivity index (χ1) is 19.3. The number of hydrogen-bond acceptors (Lipinski definition) is 9. The van der Waals surface area contributed by atoms with Crippen LogP contribution in [-0.2, 0) is 28.5 Å². The third-order valence-electron chi connectivity index (χ3n) is 7.78. The van der Waals surface area contributed by atoms with Gasteiger partial charge < -0.3 is 39.8 Å². The summed E-state index contributed by atoms with van der Waals surface area (Å²) >= 11 is 0. The number of carbonyl (C=O) groups is 3. The van der Waals surface area contributed by atoms with Crippen LogP contribution in [0.1, 0.15) is 48.5 Å². The number of hydrogen-bond donors (Lipinski definition) is 4. The molecular weight excluding hydrogens is 520 g/mol. The summed E-state index contributed by atoms with van der Waals surface area (Å²) in [5.74, 6) is -1.37. The van der Waals surface area contributed by atoms with Gasteiger partial charge in [0.25, 0.3) is 0 Å². The fourth-order valence-corrected chi connectivity index (χ4v) is 5.53. The number of rotatable bonds is 10. The highest BCUT2D eigenvalue weighted by atomic mass is 16.7. The minimum absolute atomic E-state index is 0.0130. The zero-order valence-corrected chi connectivity index (χ0v) is 22.4. The second kappa shape index (κ2) is 12.6. The molecule has 0 bridgehead atoms. The van der Waals surface area contributed by atoms with E-state index in [1.807, 2.05) is 18.2 Å². The van der Waals surface area contributed by atoms with E-state index in [0.717, 1.165) is 24.8 Å². The SMILES string of the molecule is CC(O)C(NC(=O)C1=CC2OCOC2C(OC(=O)c2ccccc2C=CC2CCC3OC3C2)C1)C(=O)NCCO. The second-order valence-electron chi connectivity index (χ2n) is 10.7. The van der Waals surface area contributed by atoms with Crippen LogP contribution in [0.5, 0.6) is 0 Å². The molecule has 2 aliphatic heterocycles. The fourth-order valence-electron chi connectivity index (χ4n) is 5.53. The number of fused-ring (bicyclic) bond motifs is 2. The predicted molar refractivity (Wildman–Crippen MR) is 142 cm³/mol. The number of ether oxygens (including phenoxy) is 4. The number of aliphatic hydroxyl groups is 2. The number of aliphatic hydroxyl groups excluding tert-OH is 2. The predicted octanol–water partition coefficient (Wildman–Crippen LogP) is 0.838. The molecule has 11 nitrogen and oxygen atoms in total. The molecular formula is C29H36N2O9. The van der Waals surface area contributed by atoms with Gasteiger partial charge in [0.05, 0.1) is 30.5 Å². The van der Waals surface area contributed by atoms with Crippen molar-refractivity contribution < 1.29 is 43.5 Å². The standard InChI is InChI=1S/C29H36N2O9/c1-16(33)25(28(35)30-10-11-32)31-27(34)19-13-23-26(38-15-37-23)24(14-19)40-29(36)20-5-3-2-4-18(20)8-6-17-7-9-21-22(12-17)39-21/h2-6,8,13,16-17,21-26,32-33H,7,9-12,14-15H2,1H3,(H,30,35)(H,31,34). The molecule has 3 fully saturated rings. The van der Waals surface area contributed by atoms with Gasteiger partial charge in [0.2, 0.25) is 11.8 Å². The Morgan fingerprint density at radius 2 is 2.00 bits per heavy atom. The topological polar surface area (TPSA) is 156 Å². The maximum atomic E-state index is 13.4. The Morgan fingerprint density at radius 1 is 1.18 bits per heavy atom. The smallest absolute Gasteiger partial charge is 0.339 e. The zero-order chi connectivity index (χ0) is 28.2. The van der Waals surface area contributed by atoms with Crippen LogP contribution >= 0.6 is 0 Å².